The van der Waals surface area contributed by atoms with Gasteiger partial charge in [-0.2, -0.15) is 0 Å². The van der Waals surface area contributed by atoms with Crippen molar-refractivity contribution in [2.24, 2.45) is 0 Å². The number of anilines is 1. The lowest BCUT2D eigenvalue weighted by Crippen LogP contribution is -2.40. The molecule has 0 bridgehead atoms. The summed E-state index contributed by atoms with van der Waals surface area (Å²) in [5.41, 5.74) is 1.54. The van der Waals surface area contributed by atoms with E-state index in [9.17, 15) is 9.59 Å². The average Bonchev–Trinajstić information content (AvgIpc) is 3.60. The molecule has 3 aromatic rings. The molecule has 0 radical (unpaired) electrons. The second-order valence-corrected chi connectivity index (χ2v) is 9.68. The molecule has 3 N–H and O–H groups in total. The Kier molecular flexibility index (Phi) is 10.5. The number of halogens is 2. The van der Waals surface area contributed by atoms with Gasteiger partial charge in [0.1, 0.15) is 25.0 Å². The van der Waals surface area contributed by atoms with Crippen LogP contribution in [0.1, 0.15) is 12.5 Å². The molecule has 214 valence electrons. The number of carbonyl (C=O) groups is 2. The van der Waals surface area contributed by atoms with Crippen LogP contribution < -0.4 is 20.7 Å². The van der Waals surface area contributed by atoms with E-state index in [1.165, 1.54) is 0 Å². The van der Waals surface area contributed by atoms with Crippen molar-refractivity contribution >= 4 is 40.9 Å². The van der Waals surface area contributed by atoms with Gasteiger partial charge < -0.3 is 39.5 Å². The quantitative estimate of drug-likeness (QED) is 0.202. The lowest BCUT2D eigenvalue weighted by molar-refractivity contribution is -0.189. The minimum absolute atomic E-state index is 0.174. The molecule has 2 atom stereocenters. The molecule has 0 unspecified atom stereocenters. The first kappa shape index (κ1) is 29.5. The van der Waals surface area contributed by atoms with E-state index in [1.807, 2.05) is 41.1 Å². The van der Waals surface area contributed by atoms with Crippen molar-refractivity contribution in [3.8, 4) is 5.75 Å². The summed E-state index contributed by atoms with van der Waals surface area (Å²) in [4.78, 5) is 27.1. The van der Waals surface area contributed by atoms with Crippen molar-refractivity contribution in [1.29, 1.82) is 0 Å². The van der Waals surface area contributed by atoms with Crippen LogP contribution in [0.25, 0.3) is 0 Å². The molecule has 1 fully saturated rings. The molecule has 40 heavy (non-hydrogen) atoms. The predicted octanol–water partition coefficient (Wildman–Crippen LogP) is 3.81. The van der Waals surface area contributed by atoms with Crippen LogP contribution in [0.5, 0.6) is 5.75 Å². The second kappa shape index (κ2) is 14.2. The maximum Gasteiger partial charge on any atom is 0.325 e. The summed E-state index contributed by atoms with van der Waals surface area (Å²) in [5.74, 6) is -0.930. The number of hydrogen-bond donors (Lipinski definition) is 3. The molecule has 13 heteroatoms. The predicted molar refractivity (Wildman–Crippen MR) is 150 cm³/mol. The molecule has 2 amide bonds. The fourth-order valence-corrected chi connectivity index (χ4v) is 4.60. The number of urea groups is 1. The summed E-state index contributed by atoms with van der Waals surface area (Å²) in [6.07, 6.45) is 4.87. The maximum atomic E-state index is 11.7. The summed E-state index contributed by atoms with van der Waals surface area (Å²) in [6.45, 7) is 3.60. The number of imidazole rings is 1. The zero-order chi connectivity index (χ0) is 28.4. The van der Waals surface area contributed by atoms with Gasteiger partial charge in [-0.05, 0) is 43.3 Å². The molecule has 0 spiro atoms. The number of aromatic nitrogens is 2. The molecule has 2 aromatic carbocycles. The Hall–Kier alpha value is -3.51. The number of hydrogen-bond acceptors (Lipinski definition) is 8. The smallest absolute Gasteiger partial charge is 0.325 e. The molecule has 0 aliphatic carbocycles. The minimum Gasteiger partial charge on any atom is -0.491 e. The number of benzene rings is 2. The highest BCUT2D eigenvalue weighted by molar-refractivity contribution is 6.35. The Morgan fingerprint density at radius 3 is 2.70 bits per heavy atom. The zero-order valence-corrected chi connectivity index (χ0v) is 23.4. The van der Waals surface area contributed by atoms with Gasteiger partial charge in [0.15, 0.2) is 0 Å². The molecular formula is C27H31Cl2N5O6. The minimum atomic E-state index is -1.12. The summed E-state index contributed by atoms with van der Waals surface area (Å²) in [6, 6.07) is 12.2. The lowest BCUT2D eigenvalue weighted by atomic mass is 10.1. The van der Waals surface area contributed by atoms with Crippen molar-refractivity contribution in [2.75, 3.05) is 44.8 Å². The van der Waals surface area contributed by atoms with Crippen LogP contribution in [0.2, 0.25) is 10.0 Å². The third-order valence-electron chi connectivity index (χ3n) is 5.88. The molecule has 11 nitrogen and oxygen atoms in total. The SMILES string of the molecule is CCOC(=O)CNC(=O)NCCNc1ccc(OC[C@H]2CO[C@](Cn3ccnc3)(c3ccc(Cl)cc3Cl)O2)cc1. The summed E-state index contributed by atoms with van der Waals surface area (Å²) < 4.78 is 25.2. The van der Waals surface area contributed by atoms with E-state index in [4.69, 9.17) is 42.1 Å². The Bertz CT molecular complexity index is 1260. The Morgan fingerprint density at radius 1 is 1.15 bits per heavy atom. The van der Waals surface area contributed by atoms with Crippen LogP contribution in [0.15, 0.2) is 61.2 Å². The van der Waals surface area contributed by atoms with Gasteiger partial charge in [-0.15, -0.1) is 0 Å². The van der Waals surface area contributed by atoms with Crippen molar-refractivity contribution in [3.63, 3.8) is 0 Å². The number of ether oxygens (including phenoxy) is 4. The van der Waals surface area contributed by atoms with Gasteiger partial charge in [0.25, 0.3) is 0 Å². The Labute approximate surface area is 242 Å². The Morgan fingerprint density at radius 2 is 1.98 bits per heavy atom. The topological polar surface area (TPSA) is 125 Å². The van der Waals surface area contributed by atoms with Gasteiger partial charge in [-0.3, -0.25) is 4.79 Å². The number of carbonyl (C=O) groups excluding carboxylic acids is 2. The van der Waals surface area contributed by atoms with Crippen LogP contribution >= 0.6 is 23.2 Å². The molecular weight excluding hydrogens is 561 g/mol. The maximum absolute atomic E-state index is 11.7. The average molecular weight is 592 g/mol. The first-order valence-corrected chi connectivity index (χ1v) is 13.5. The molecule has 4 rings (SSSR count). The fraction of sp³-hybridized carbons (Fsp3) is 0.370. The zero-order valence-electron chi connectivity index (χ0n) is 21.9. The lowest BCUT2D eigenvalue weighted by Gasteiger charge is -2.30. The van der Waals surface area contributed by atoms with E-state index >= 15 is 0 Å². The van der Waals surface area contributed by atoms with Crippen molar-refractivity contribution in [2.45, 2.75) is 25.4 Å². The van der Waals surface area contributed by atoms with Crippen LogP contribution in [0.3, 0.4) is 0 Å². The van der Waals surface area contributed by atoms with E-state index in [0.29, 0.717) is 47.6 Å². The van der Waals surface area contributed by atoms with E-state index in [2.05, 4.69) is 20.9 Å². The first-order valence-electron chi connectivity index (χ1n) is 12.7. The molecule has 1 saturated heterocycles. The van der Waals surface area contributed by atoms with Crippen LogP contribution in [-0.2, 0) is 31.3 Å². The third-order valence-corrected chi connectivity index (χ3v) is 6.43. The summed E-state index contributed by atoms with van der Waals surface area (Å²) in [5, 5.41) is 9.27. The van der Waals surface area contributed by atoms with Crippen LogP contribution in [-0.4, -0.2) is 67.1 Å². The number of amides is 2. The van der Waals surface area contributed by atoms with Gasteiger partial charge in [-0.1, -0.05) is 29.3 Å². The largest absolute Gasteiger partial charge is 0.491 e. The highest BCUT2D eigenvalue weighted by Gasteiger charge is 2.45. The number of esters is 1. The number of nitrogens with zero attached hydrogens (tertiary/aromatic N) is 2. The van der Waals surface area contributed by atoms with Crippen molar-refractivity contribution in [1.82, 2.24) is 20.2 Å². The van der Waals surface area contributed by atoms with E-state index in [-0.39, 0.29) is 25.9 Å². The third kappa shape index (κ3) is 8.25. The van der Waals surface area contributed by atoms with Gasteiger partial charge in [0.05, 0.1) is 31.1 Å². The van der Waals surface area contributed by atoms with Crippen molar-refractivity contribution in [3.05, 3.63) is 76.8 Å². The molecule has 1 aromatic heterocycles. The van der Waals surface area contributed by atoms with Gasteiger partial charge in [-0.25, -0.2) is 9.78 Å². The first-order chi connectivity index (χ1) is 19.4. The molecule has 2 heterocycles. The van der Waals surface area contributed by atoms with E-state index < -0.39 is 17.8 Å². The van der Waals surface area contributed by atoms with Crippen LogP contribution in [0.4, 0.5) is 10.5 Å². The monoisotopic (exact) mass is 591 g/mol. The highest BCUT2D eigenvalue weighted by atomic mass is 35.5. The molecule has 1 aliphatic rings. The van der Waals surface area contributed by atoms with Crippen molar-refractivity contribution < 1.29 is 28.5 Å². The second-order valence-electron chi connectivity index (χ2n) is 8.84. The highest BCUT2D eigenvalue weighted by Crippen LogP contribution is 2.40. The van der Waals surface area contributed by atoms with E-state index in [1.54, 1.807) is 31.6 Å². The van der Waals surface area contributed by atoms with E-state index in [0.717, 1.165) is 5.69 Å². The fourth-order valence-electron chi connectivity index (χ4n) is 4.04. The number of rotatable bonds is 13. The Balaban J connectivity index is 1.24. The van der Waals surface area contributed by atoms with Gasteiger partial charge in [0, 0.05) is 41.8 Å². The number of nitrogens with one attached hydrogen (secondary N) is 3. The summed E-state index contributed by atoms with van der Waals surface area (Å²) in [7, 11) is 0. The molecule has 1 aliphatic heterocycles. The molecule has 0 saturated carbocycles. The summed E-state index contributed by atoms with van der Waals surface area (Å²) >= 11 is 12.6. The van der Waals surface area contributed by atoms with Gasteiger partial charge in [0.2, 0.25) is 5.79 Å². The van der Waals surface area contributed by atoms with Gasteiger partial charge >= 0.3 is 12.0 Å². The van der Waals surface area contributed by atoms with Crippen LogP contribution in [0, 0.1) is 0 Å². The standard InChI is InChI=1S/C27H31Cl2N5O6/c1-2-37-25(35)14-33-26(36)32-10-9-31-20-4-6-21(7-5-20)38-15-22-16-39-27(40-22,17-34-12-11-30-18-34)23-8-3-19(28)13-24(23)29/h3-8,11-13,18,22,31H,2,9-10,14-17H2,1H3,(H2,32,33,36)/t22-,27-/m0/s1. The normalized spacial score (nSPS) is 18.2.